The predicted molar refractivity (Wildman–Crippen MR) is 72.4 cm³/mol. The fourth-order valence-corrected chi connectivity index (χ4v) is 1.73. The van der Waals surface area contributed by atoms with Crippen molar-refractivity contribution in [1.82, 2.24) is 24.9 Å². The highest BCUT2D eigenvalue weighted by Crippen LogP contribution is 2.26. The summed E-state index contributed by atoms with van der Waals surface area (Å²) in [7, 11) is 0. The molecule has 1 atom stereocenters. The number of aryl methyl sites for hydroxylation is 1. The molecular weight excluding hydrogens is 315 g/mol. The molecule has 23 heavy (non-hydrogen) atoms. The average molecular weight is 333 g/mol. The van der Waals surface area contributed by atoms with Gasteiger partial charge in [-0.15, -0.1) is 5.10 Å². The Morgan fingerprint density at radius 3 is 2.48 bits per heavy atom. The molecular formula is C13H18F3N5O2. The van der Waals surface area contributed by atoms with E-state index in [1.54, 1.807) is 6.92 Å². The zero-order chi connectivity index (χ0) is 17.2. The summed E-state index contributed by atoms with van der Waals surface area (Å²) >= 11 is 0. The Hall–Kier alpha value is -1.97. The standard InChI is InChI=1S/C13H18F3N5O2/c1-7(2)6-22-8(3)11-18-10(23-20-11)5-21-9(4)17-12(19-21)13(14,15)16/h7-8H,5-6H2,1-4H3/t8-/m1/s1. The number of halogens is 3. The van der Waals surface area contributed by atoms with Crippen LogP contribution in [0.4, 0.5) is 13.2 Å². The van der Waals surface area contributed by atoms with Gasteiger partial charge in [0, 0.05) is 6.61 Å². The van der Waals surface area contributed by atoms with Crippen LogP contribution < -0.4 is 0 Å². The Balaban J connectivity index is 2.06. The second-order valence-electron chi connectivity index (χ2n) is 5.55. The van der Waals surface area contributed by atoms with Crippen LogP contribution in [0.15, 0.2) is 4.52 Å². The quantitative estimate of drug-likeness (QED) is 0.809. The van der Waals surface area contributed by atoms with E-state index in [-0.39, 0.29) is 24.4 Å². The van der Waals surface area contributed by atoms with Gasteiger partial charge in [-0.25, -0.2) is 9.67 Å². The van der Waals surface area contributed by atoms with Gasteiger partial charge in [-0.2, -0.15) is 18.2 Å². The molecule has 2 rings (SSSR count). The van der Waals surface area contributed by atoms with Gasteiger partial charge in [0.05, 0.1) is 0 Å². The van der Waals surface area contributed by atoms with Crippen LogP contribution in [0.25, 0.3) is 0 Å². The van der Waals surface area contributed by atoms with Crippen molar-refractivity contribution in [3.8, 4) is 0 Å². The van der Waals surface area contributed by atoms with Crippen LogP contribution in [0.5, 0.6) is 0 Å². The molecule has 2 aromatic heterocycles. The molecule has 2 heterocycles. The lowest BCUT2D eigenvalue weighted by Gasteiger charge is -2.10. The average Bonchev–Trinajstić information content (AvgIpc) is 3.04. The smallest absolute Gasteiger partial charge is 0.370 e. The molecule has 10 heteroatoms. The molecule has 0 aromatic carbocycles. The monoisotopic (exact) mass is 333 g/mol. The van der Waals surface area contributed by atoms with Gasteiger partial charge in [0.2, 0.25) is 5.89 Å². The summed E-state index contributed by atoms with van der Waals surface area (Å²) in [4.78, 5) is 7.50. The maximum absolute atomic E-state index is 12.6. The first kappa shape index (κ1) is 17.4. The minimum atomic E-state index is -4.59. The van der Waals surface area contributed by atoms with Crippen molar-refractivity contribution in [3.05, 3.63) is 23.4 Å². The molecule has 0 spiro atoms. The van der Waals surface area contributed by atoms with Crippen molar-refractivity contribution in [1.29, 1.82) is 0 Å². The highest BCUT2D eigenvalue weighted by atomic mass is 19.4. The first-order valence-corrected chi connectivity index (χ1v) is 7.09. The molecule has 128 valence electrons. The Bertz CT molecular complexity index is 650. The van der Waals surface area contributed by atoms with Gasteiger partial charge < -0.3 is 9.26 Å². The van der Waals surface area contributed by atoms with Gasteiger partial charge in [-0.1, -0.05) is 19.0 Å². The number of hydrogen-bond donors (Lipinski definition) is 0. The largest absolute Gasteiger partial charge is 0.453 e. The maximum atomic E-state index is 12.6. The van der Waals surface area contributed by atoms with Crippen molar-refractivity contribution in [2.24, 2.45) is 5.92 Å². The molecule has 0 radical (unpaired) electrons. The van der Waals surface area contributed by atoms with Gasteiger partial charge in [0.25, 0.3) is 5.82 Å². The van der Waals surface area contributed by atoms with Crippen LogP contribution in [0.2, 0.25) is 0 Å². The highest BCUT2D eigenvalue weighted by molar-refractivity contribution is 4.97. The Labute approximate surface area is 130 Å². The third kappa shape index (κ3) is 4.50. The maximum Gasteiger partial charge on any atom is 0.453 e. The number of rotatable bonds is 6. The minimum absolute atomic E-state index is 0.0845. The van der Waals surface area contributed by atoms with Crippen LogP contribution in [0, 0.1) is 12.8 Å². The zero-order valence-electron chi connectivity index (χ0n) is 13.3. The first-order chi connectivity index (χ1) is 10.7. The van der Waals surface area contributed by atoms with Crippen molar-refractivity contribution < 1.29 is 22.4 Å². The first-order valence-electron chi connectivity index (χ1n) is 7.09. The van der Waals surface area contributed by atoms with E-state index in [9.17, 15) is 13.2 Å². The van der Waals surface area contributed by atoms with Gasteiger partial charge in [-0.05, 0) is 19.8 Å². The number of ether oxygens (including phenoxy) is 1. The van der Waals surface area contributed by atoms with E-state index in [4.69, 9.17) is 9.26 Å². The Morgan fingerprint density at radius 2 is 1.91 bits per heavy atom. The van der Waals surface area contributed by atoms with Gasteiger partial charge in [-0.3, -0.25) is 0 Å². The Morgan fingerprint density at radius 1 is 1.22 bits per heavy atom. The minimum Gasteiger partial charge on any atom is -0.370 e. The van der Waals surface area contributed by atoms with Crippen molar-refractivity contribution in [3.63, 3.8) is 0 Å². The number of aromatic nitrogens is 5. The summed E-state index contributed by atoms with van der Waals surface area (Å²) in [5, 5.41) is 7.19. The van der Waals surface area contributed by atoms with E-state index in [2.05, 4.69) is 20.2 Å². The van der Waals surface area contributed by atoms with E-state index < -0.39 is 12.0 Å². The number of alkyl halides is 3. The second-order valence-corrected chi connectivity index (χ2v) is 5.55. The molecule has 0 fully saturated rings. The van der Waals surface area contributed by atoms with Crippen molar-refractivity contribution in [2.75, 3.05) is 6.61 Å². The lowest BCUT2D eigenvalue weighted by molar-refractivity contribution is -0.145. The van der Waals surface area contributed by atoms with Crippen LogP contribution in [0.1, 0.15) is 50.2 Å². The summed E-state index contributed by atoms with van der Waals surface area (Å²) in [6, 6.07) is 0. The van der Waals surface area contributed by atoms with E-state index >= 15 is 0 Å². The summed E-state index contributed by atoms with van der Waals surface area (Å²) in [5.41, 5.74) is 0. The van der Waals surface area contributed by atoms with E-state index in [0.717, 1.165) is 4.68 Å². The van der Waals surface area contributed by atoms with Gasteiger partial charge >= 0.3 is 6.18 Å². The highest BCUT2D eigenvalue weighted by Gasteiger charge is 2.36. The number of nitrogens with zero attached hydrogens (tertiary/aromatic N) is 5. The molecule has 0 aliphatic heterocycles. The molecule has 2 aromatic rings. The molecule has 0 saturated carbocycles. The normalized spacial score (nSPS) is 13.7. The summed E-state index contributed by atoms with van der Waals surface area (Å²) in [6.07, 6.45) is -4.95. The topological polar surface area (TPSA) is 78.9 Å². The summed E-state index contributed by atoms with van der Waals surface area (Å²) < 4.78 is 49.4. The fourth-order valence-electron chi connectivity index (χ4n) is 1.73. The second kappa shape index (κ2) is 6.65. The van der Waals surface area contributed by atoms with Gasteiger partial charge in [0.1, 0.15) is 18.5 Å². The SMILES string of the molecule is Cc1nc(C(F)(F)F)nn1Cc1nc([C@@H](C)OCC(C)C)no1. The molecule has 0 saturated heterocycles. The Kier molecular flexibility index (Phi) is 5.03. The molecule has 0 bridgehead atoms. The van der Waals surface area contributed by atoms with Crippen LogP contribution in [-0.2, 0) is 17.5 Å². The summed E-state index contributed by atoms with van der Waals surface area (Å²) in [6.45, 7) is 7.69. The molecule has 0 amide bonds. The van der Waals surface area contributed by atoms with Gasteiger partial charge in [0.15, 0.2) is 5.82 Å². The van der Waals surface area contributed by atoms with Crippen LogP contribution >= 0.6 is 0 Å². The van der Waals surface area contributed by atoms with Crippen LogP contribution in [0.3, 0.4) is 0 Å². The predicted octanol–water partition coefficient (Wildman–Crippen LogP) is 2.77. The zero-order valence-corrected chi connectivity index (χ0v) is 13.3. The lowest BCUT2D eigenvalue weighted by Crippen LogP contribution is -2.10. The third-order valence-corrected chi connectivity index (χ3v) is 2.92. The third-order valence-electron chi connectivity index (χ3n) is 2.92. The molecule has 0 N–H and O–H groups in total. The van der Waals surface area contributed by atoms with E-state index in [1.165, 1.54) is 6.92 Å². The van der Waals surface area contributed by atoms with E-state index in [1.807, 2.05) is 13.8 Å². The molecule has 0 aliphatic rings. The fraction of sp³-hybridized carbons (Fsp3) is 0.692. The lowest BCUT2D eigenvalue weighted by atomic mass is 10.2. The molecule has 0 aliphatic carbocycles. The van der Waals surface area contributed by atoms with Crippen LogP contribution in [-0.4, -0.2) is 31.5 Å². The van der Waals surface area contributed by atoms with E-state index in [0.29, 0.717) is 18.3 Å². The number of hydrogen-bond acceptors (Lipinski definition) is 6. The molecule has 0 unspecified atom stereocenters. The molecule has 7 nitrogen and oxygen atoms in total. The van der Waals surface area contributed by atoms with Crippen molar-refractivity contribution in [2.45, 2.75) is 46.5 Å². The van der Waals surface area contributed by atoms with Crippen molar-refractivity contribution >= 4 is 0 Å². The summed E-state index contributed by atoms with van der Waals surface area (Å²) in [5.74, 6) is -0.233.